The zero-order chi connectivity index (χ0) is 21.1. The Morgan fingerprint density at radius 2 is 1.58 bits per heavy atom. The molecule has 0 N–H and O–H groups in total. The van der Waals surface area contributed by atoms with Crippen molar-refractivity contribution in [2.75, 3.05) is 6.79 Å². The fraction of sp³-hybridized carbons (Fsp3) is 0.174. The molecule has 0 saturated heterocycles. The van der Waals surface area contributed by atoms with Gasteiger partial charge in [-0.15, -0.1) is 0 Å². The van der Waals surface area contributed by atoms with Crippen LogP contribution in [0.15, 0.2) is 59.7 Å². The lowest BCUT2D eigenvalue weighted by Gasteiger charge is -2.38. The van der Waals surface area contributed by atoms with Gasteiger partial charge in [0.25, 0.3) is 0 Å². The number of benzene rings is 3. The Hall–Kier alpha value is -2.60. The number of halogens is 3. The molecule has 3 aromatic carbocycles. The maximum Gasteiger partial charge on any atom is 0.231 e. The summed E-state index contributed by atoms with van der Waals surface area (Å²) < 4.78 is 17.3. The van der Waals surface area contributed by atoms with Crippen LogP contribution in [0, 0.1) is 0 Å². The molecular weight excluding hydrogens is 459 g/mol. The molecule has 3 heterocycles. The van der Waals surface area contributed by atoms with Crippen LogP contribution >= 0.6 is 34.8 Å². The van der Waals surface area contributed by atoms with Gasteiger partial charge in [0, 0.05) is 33.2 Å². The highest BCUT2D eigenvalue weighted by molar-refractivity contribution is 6.35. The first kappa shape index (κ1) is 19.1. The highest BCUT2D eigenvalue weighted by atomic mass is 35.5. The van der Waals surface area contributed by atoms with Crippen molar-refractivity contribution >= 4 is 40.5 Å². The van der Waals surface area contributed by atoms with Gasteiger partial charge in [-0.25, -0.2) is 5.01 Å². The molecule has 0 unspecified atom stereocenters. The summed E-state index contributed by atoms with van der Waals surface area (Å²) in [7, 11) is 0. The minimum Gasteiger partial charge on any atom is -0.464 e. The van der Waals surface area contributed by atoms with E-state index >= 15 is 0 Å². The maximum absolute atomic E-state index is 6.53. The van der Waals surface area contributed by atoms with Gasteiger partial charge in [0.15, 0.2) is 11.5 Å². The maximum atomic E-state index is 6.53. The van der Waals surface area contributed by atoms with Crippen molar-refractivity contribution in [1.82, 2.24) is 5.01 Å². The molecule has 156 valence electrons. The summed E-state index contributed by atoms with van der Waals surface area (Å²) in [4.78, 5) is 0. The molecule has 0 bridgehead atoms. The van der Waals surface area contributed by atoms with Crippen molar-refractivity contribution < 1.29 is 14.2 Å². The summed E-state index contributed by atoms with van der Waals surface area (Å²) in [6.07, 6.45) is 0.202. The molecule has 6 rings (SSSR count). The molecule has 8 heteroatoms. The predicted octanol–water partition coefficient (Wildman–Crippen LogP) is 6.62. The minimum absolute atomic E-state index is 0.0420. The minimum atomic E-state index is -0.491. The topological polar surface area (TPSA) is 43.3 Å². The van der Waals surface area contributed by atoms with E-state index in [-0.39, 0.29) is 12.8 Å². The Bertz CT molecular complexity index is 1250. The van der Waals surface area contributed by atoms with Crippen molar-refractivity contribution in [3.05, 3.63) is 86.4 Å². The Kier molecular flexibility index (Phi) is 4.46. The second-order valence-corrected chi connectivity index (χ2v) is 8.81. The zero-order valence-corrected chi connectivity index (χ0v) is 18.3. The number of hydrogen-bond donors (Lipinski definition) is 0. The summed E-state index contributed by atoms with van der Waals surface area (Å²) in [5.74, 6) is 2.23. The largest absolute Gasteiger partial charge is 0.464 e. The zero-order valence-electron chi connectivity index (χ0n) is 16.0. The van der Waals surface area contributed by atoms with E-state index in [2.05, 4.69) is 0 Å². The lowest BCUT2D eigenvalue weighted by atomic mass is 9.95. The van der Waals surface area contributed by atoms with Gasteiger partial charge < -0.3 is 14.2 Å². The number of ether oxygens (including phenoxy) is 3. The third kappa shape index (κ3) is 3.19. The number of hydrazone groups is 1. The standard InChI is InChI=1S/C23H15Cl3N2O3/c24-13-3-6-20-16(8-13)19-10-18(12-1-5-21-22(7-12)30-11-29-21)27-28(19)23(31-20)15-4-2-14(25)9-17(15)26/h1-9,19,23H,10-11H2/t19-,23+/m0/s1. The van der Waals surface area contributed by atoms with Crippen LogP contribution in [-0.4, -0.2) is 17.5 Å². The van der Waals surface area contributed by atoms with Crippen LogP contribution in [0.4, 0.5) is 0 Å². The first-order valence-corrected chi connectivity index (χ1v) is 10.9. The van der Waals surface area contributed by atoms with Crippen LogP contribution in [0.25, 0.3) is 0 Å². The van der Waals surface area contributed by atoms with Gasteiger partial charge in [-0.05, 0) is 48.5 Å². The van der Waals surface area contributed by atoms with Crippen LogP contribution in [-0.2, 0) is 0 Å². The van der Waals surface area contributed by atoms with Gasteiger partial charge >= 0.3 is 0 Å². The molecule has 0 saturated carbocycles. The predicted molar refractivity (Wildman–Crippen MR) is 120 cm³/mol. The van der Waals surface area contributed by atoms with E-state index in [9.17, 15) is 0 Å². The fourth-order valence-electron chi connectivity index (χ4n) is 4.22. The second kappa shape index (κ2) is 7.23. The normalized spacial score (nSPS) is 20.7. The highest BCUT2D eigenvalue weighted by Gasteiger charge is 2.42. The van der Waals surface area contributed by atoms with E-state index in [1.807, 2.05) is 47.5 Å². The number of nitrogens with zero attached hydrogens (tertiary/aromatic N) is 2. The highest BCUT2D eigenvalue weighted by Crippen LogP contribution is 2.49. The molecule has 5 nitrogen and oxygen atoms in total. The molecule has 31 heavy (non-hydrogen) atoms. The molecule has 3 aliphatic rings. The van der Waals surface area contributed by atoms with Crippen molar-refractivity contribution in [1.29, 1.82) is 0 Å². The smallest absolute Gasteiger partial charge is 0.231 e. The summed E-state index contributed by atoms with van der Waals surface area (Å²) in [6.45, 7) is 0.233. The van der Waals surface area contributed by atoms with Crippen molar-refractivity contribution in [3.63, 3.8) is 0 Å². The van der Waals surface area contributed by atoms with E-state index in [0.717, 1.165) is 39.7 Å². The molecule has 0 radical (unpaired) electrons. The molecule has 0 aromatic heterocycles. The Morgan fingerprint density at radius 3 is 2.45 bits per heavy atom. The average Bonchev–Trinajstić information content (AvgIpc) is 3.40. The average molecular weight is 474 g/mol. The van der Waals surface area contributed by atoms with E-state index < -0.39 is 6.23 Å². The summed E-state index contributed by atoms with van der Waals surface area (Å²) in [6, 6.07) is 16.9. The van der Waals surface area contributed by atoms with E-state index in [4.69, 9.17) is 54.1 Å². The molecule has 0 fully saturated rings. The number of fused-ring (bicyclic) bond motifs is 4. The number of rotatable bonds is 2. The number of hydrogen-bond acceptors (Lipinski definition) is 5. The molecule has 0 amide bonds. The molecule has 2 atom stereocenters. The van der Waals surface area contributed by atoms with E-state index in [0.29, 0.717) is 21.5 Å². The quantitative estimate of drug-likeness (QED) is 0.420. The molecule has 0 spiro atoms. The third-order valence-corrected chi connectivity index (χ3v) is 6.48. The monoisotopic (exact) mass is 472 g/mol. The molecule has 0 aliphatic carbocycles. The fourth-order valence-corrected chi connectivity index (χ4v) is 4.90. The van der Waals surface area contributed by atoms with Crippen molar-refractivity contribution in [3.8, 4) is 17.2 Å². The first-order valence-electron chi connectivity index (χ1n) is 9.74. The lowest BCUT2D eigenvalue weighted by molar-refractivity contribution is -0.0189. The van der Waals surface area contributed by atoms with Crippen LogP contribution in [0.3, 0.4) is 0 Å². The van der Waals surface area contributed by atoms with E-state index in [1.165, 1.54) is 0 Å². The third-order valence-electron chi connectivity index (χ3n) is 5.69. The van der Waals surface area contributed by atoms with Crippen molar-refractivity contribution in [2.24, 2.45) is 5.10 Å². The summed E-state index contributed by atoms with van der Waals surface area (Å²) in [5, 5.41) is 8.65. The Morgan fingerprint density at radius 1 is 0.806 bits per heavy atom. The van der Waals surface area contributed by atoms with Gasteiger partial charge in [-0.1, -0.05) is 40.9 Å². The molecule has 3 aromatic rings. The van der Waals surface area contributed by atoms with Crippen LogP contribution in [0.5, 0.6) is 17.2 Å². The Labute approximate surface area is 193 Å². The van der Waals surface area contributed by atoms with Gasteiger partial charge in [-0.2, -0.15) is 5.10 Å². The first-order chi connectivity index (χ1) is 15.1. The summed E-state index contributed by atoms with van der Waals surface area (Å²) in [5.41, 5.74) is 3.69. The van der Waals surface area contributed by atoms with Gasteiger partial charge in [0.05, 0.1) is 16.8 Å². The second-order valence-electron chi connectivity index (χ2n) is 7.53. The van der Waals surface area contributed by atoms with Gasteiger partial charge in [0.1, 0.15) is 5.75 Å². The molecule has 3 aliphatic heterocycles. The lowest BCUT2D eigenvalue weighted by Crippen LogP contribution is -2.33. The van der Waals surface area contributed by atoms with Gasteiger partial charge in [-0.3, -0.25) is 0 Å². The molecular formula is C23H15Cl3N2O3. The van der Waals surface area contributed by atoms with Crippen molar-refractivity contribution in [2.45, 2.75) is 18.7 Å². The van der Waals surface area contributed by atoms with Crippen LogP contribution in [0.2, 0.25) is 15.1 Å². The summed E-state index contributed by atoms with van der Waals surface area (Å²) >= 11 is 18.9. The van der Waals surface area contributed by atoms with Crippen LogP contribution < -0.4 is 14.2 Å². The van der Waals surface area contributed by atoms with Crippen LogP contribution in [0.1, 0.15) is 35.4 Å². The van der Waals surface area contributed by atoms with E-state index in [1.54, 1.807) is 12.1 Å². The SMILES string of the molecule is Clc1ccc([C@H]2Oc3ccc(Cl)cc3[C@@H]3CC(c4ccc5c(c4)OCO5)=NN23)c(Cl)c1. The Balaban J connectivity index is 1.45. The van der Waals surface area contributed by atoms with Gasteiger partial charge in [0.2, 0.25) is 13.0 Å².